The largest absolute Gasteiger partial charge is 0.455 e. The summed E-state index contributed by atoms with van der Waals surface area (Å²) in [7, 11) is -4.64. The fourth-order valence-electron chi connectivity index (χ4n) is 10.2. The zero-order chi connectivity index (χ0) is 50.1. The first-order chi connectivity index (χ1) is 33.9. The number of nitrogens with one attached hydrogen (secondary N) is 3. The Morgan fingerprint density at radius 1 is 1.00 bits per heavy atom. The van der Waals surface area contributed by atoms with Crippen molar-refractivity contribution in [1.29, 1.82) is 0 Å². The number of halogens is 3. The molecule has 3 aliphatic heterocycles. The van der Waals surface area contributed by atoms with Gasteiger partial charge in [0.1, 0.15) is 22.8 Å². The fourth-order valence-corrected chi connectivity index (χ4v) is 11.2. The number of carbonyl (C=O) groups is 1. The van der Waals surface area contributed by atoms with Gasteiger partial charge in [-0.3, -0.25) is 24.7 Å². The molecule has 378 valence electrons. The van der Waals surface area contributed by atoms with Crippen molar-refractivity contribution in [3.05, 3.63) is 117 Å². The lowest BCUT2D eigenvalue weighted by atomic mass is 9.72. The van der Waals surface area contributed by atoms with Crippen molar-refractivity contribution in [3.63, 3.8) is 0 Å². The third kappa shape index (κ3) is 11.7. The number of alkyl halides is 3. The molecule has 1 amide bonds. The highest BCUT2D eigenvalue weighted by Gasteiger charge is 2.34. The number of aromatic amines is 1. The van der Waals surface area contributed by atoms with Crippen molar-refractivity contribution in [2.75, 3.05) is 82.4 Å². The SMILES string of the molecule is Cc1cc(C(F)(F)F)ccc1C1=C(CN2CCN(c3ccc(C(=O)NS(=O)(=O)c4ccc(NCC5CN(C6CCOCC6)CCO5)c([N+](=O)[O-])c4)c(Oc4cnc5[nH]ccc5c4)c3)CC2)CCC(C)(C)C1. The van der Waals surface area contributed by atoms with E-state index in [2.05, 4.69) is 48.6 Å². The summed E-state index contributed by atoms with van der Waals surface area (Å²) in [5.41, 5.74) is 4.06. The lowest BCUT2D eigenvalue weighted by Crippen LogP contribution is -2.51. The summed E-state index contributed by atoms with van der Waals surface area (Å²) in [5.74, 6) is -0.650. The summed E-state index contributed by atoms with van der Waals surface area (Å²) in [6.45, 7) is 13.0. The molecule has 1 aliphatic carbocycles. The molecule has 0 radical (unpaired) electrons. The van der Waals surface area contributed by atoms with Crippen LogP contribution in [0.25, 0.3) is 16.6 Å². The number of amides is 1. The van der Waals surface area contributed by atoms with Crippen molar-refractivity contribution >= 4 is 49.6 Å². The number of nitro benzene ring substituents is 1. The Kier molecular flexibility index (Phi) is 14.5. The number of allylic oxidation sites excluding steroid dienone is 1. The van der Waals surface area contributed by atoms with Gasteiger partial charge in [0.25, 0.3) is 21.6 Å². The van der Waals surface area contributed by atoms with Crippen molar-refractivity contribution in [2.45, 2.75) is 76.1 Å². The van der Waals surface area contributed by atoms with E-state index in [1.54, 1.807) is 37.4 Å². The Morgan fingerprint density at radius 3 is 2.54 bits per heavy atom. The maximum absolute atomic E-state index is 14.1. The highest BCUT2D eigenvalue weighted by molar-refractivity contribution is 7.90. The summed E-state index contributed by atoms with van der Waals surface area (Å²) in [4.78, 5) is 39.5. The number of rotatable bonds is 14. The number of ether oxygens (including phenoxy) is 3. The van der Waals surface area contributed by atoms with Crippen LogP contribution in [0.4, 0.5) is 30.2 Å². The van der Waals surface area contributed by atoms with Crippen LogP contribution in [-0.2, 0) is 25.7 Å². The molecule has 2 aromatic heterocycles. The minimum atomic E-state index is -4.64. The molecule has 4 aliphatic rings. The summed E-state index contributed by atoms with van der Waals surface area (Å²) < 4.78 is 88.3. The molecule has 3 fully saturated rings. The maximum atomic E-state index is 14.1. The third-order valence-corrected chi connectivity index (χ3v) is 15.5. The molecule has 5 heterocycles. The molecule has 3 saturated heterocycles. The smallest absolute Gasteiger partial charge is 0.416 e. The van der Waals surface area contributed by atoms with Crippen molar-refractivity contribution in [3.8, 4) is 11.5 Å². The number of sulfonamides is 1. The molecule has 20 heteroatoms. The number of nitrogens with zero attached hydrogens (tertiary/aromatic N) is 5. The van der Waals surface area contributed by atoms with Crippen LogP contribution in [0.3, 0.4) is 0 Å². The Balaban J connectivity index is 0.905. The van der Waals surface area contributed by atoms with E-state index in [-0.39, 0.29) is 35.1 Å². The van der Waals surface area contributed by atoms with Gasteiger partial charge in [0.15, 0.2) is 0 Å². The molecule has 3 N–H and O–H groups in total. The zero-order valence-corrected chi connectivity index (χ0v) is 40.8. The molecule has 1 atom stereocenters. The summed E-state index contributed by atoms with van der Waals surface area (Å²) in [6.07, 6.45) is 3.00. The van der Waals surface area contributed by atoms with Crippen LogP contribution in [0.5, 0.6) is 11.5 Å². The number of carbonyl (C=O) groups excluding carboxylic acids is 1. The predicted octanol–water partition coefficient (Wildman–Crippen LogP) is 8.79. The highest BCUT2D eigenvalue weighted by atomic mass is 32.2. The third-order valence-electron chi connectivity index (χ3n) is 14.1. The van der Waals surface area contributed by atoms with Gasteiger partial charge in [-0.1, -0.05) is 25.5 Å². The van der Waals surface area contributed by atoms with Gasteiger partial charge in [-0.05, 0) is 110 Å². The van der Waals surface area contributed by atoms with E-state index >= 15 is 0 Å². The standard InChI is InChI=1S/C51H59F3N8O8S/c1-33-24-36(51(52,53)54)4-7-42(33)44-28-50(2,3)14-10-35(44)31-59-16-18-60(19-17-59)38-5-8-43(47(26-38)70-39-25-34-11-15-55-48(34)57-29-39)49(63)58-71(66,67)41-6-9-45(46(27-41)62(64)65)56-30-40-32-61(20-23-69-40)37-12-21-68-22-13-37/h4-9,11,15,24-27,29,37,40,56H,10,12-14,16-23,28,30-32H2,1-3H3,(H,55,57)(H,58,63). The second-order valence-corrected chi connectivity index (χ2v) is 21.3. The second-order valence-electron chi connectivity index (χ2n) is 19.7. The second kappa shape index (κ2) is 20.6. The lowest BCUT2D eigenvalue weighted by molar-refractivity contribution is -0.384. The molecule has 3 aromatic carbocycles. The molecule has 5 aromatic rings. The van der Waals surface area contributed by atoms with E-state index in [9.17, 15) is 36.5 Å². The fraction of sp³-hybridized carbons (Fsp3) is 0.451. The van der Waals surface area contributed by atoms with Crippen molar-refractivity contribution < 1.29 is 45.5 Å². The van der Waals surface area contributed by atoms with E-state index in [1.165, 1.54) is 42.1 Å². The molecule has 71 heavy (non-hydrogen) atoms. The number of anilines is 2. The first-order valence-electron chi connectivity index (χ1n) is 24.0. The molecular formula is C51H59F3N8O8S. The van der Waals surface area contributed by atoms with Gasteiger partial charge in [0.05, 0.1) is 39.9 Å². The van der Waals surface area contributed by atoms with E-state index in [0.29, 0.717) is 82.1 Å². The van der Waals surface area contributed by atoms with Crippen LogP contribution in [0.2, 0.25) is 0 Å². The normalized spacial score (nSPS) is 19.7. The number of morpholine rings is 1. The zero-order valence-electron chi connectivity index (χ0n) is 40.0. The average molecular weight is 1000 g/mol. The molecule has 0 bridgehead atoms. The van der Waals surface area contributed by atoms with Gasteiger partial charge in [0.2, 0.25) is 0 Å². The number of aromatic nitrogens is 2. The first kappa shape index (κ1) is 49.9. The molecule has 0 saturated carbocycles. The van der Waals surface area contributed by atoms with Crippen LogP contribution in [0.15, 0.2) is 89.6 Å². The van der Waals surface area contributed by atoms with E-state index in [0.717, 1.165) is 66.9 Å². The summed E-state index contributed by atoms with van der Waals surface area (Å²) >= 11 is 0. The molecule has 1 unspecified atom stereocenters. The van der Waals surface area contributed by atoms with Crippen LogP contribution in [-0.4, -0.2) is 123 Å². The van der Waals surface area contributed by atoms with Crippen molar-refractivity contribution in [1.82, 2.24) is 24.5 Å². The van der Waals surface area contributed by atoms with Crippen molar-refractivity contribution in [2.24, 2.45) is 5.41 Å². The van der Waals surface area contributed by atoms with Crippen LogP contribution < -0.4 is 19.7 Å². The molecule has 9 rings (SSSR count). The topological polar surface area (TPSA) is 184 Å². The van der Waals surface area contributed by atoms with E-state index in [4.69, 9.17) is 14.2 Å². The number of fused-ring (bicyclic) bond motifs is 1. The number of aryl methyl sites for hydroxylation is 1. The first-order valence-corrected chi connectivity index (χ1v) is 25.5. The maximum Gasteiger partial charge on any atom is 0.416 e. The lowest BCUT2D eigenvalue weighted by Gasteiger charge is -2.39. The van der Waals surface area contributed by atoms with Crippen LogP contribution >= 0.6 is 0 Å². The minimum absolute atomic E-state index is 0.00619. The van der Waals surface area contributed by atoms with Gasteiger partial charge < -0.3 is 29.4 Å². The molecular weight excluding hydrogens is 942 g/mol. The summed E-state index contributed by atoms with van der Waals surface area (Å²) in [6, 6.07) is 16.3. The Labute approximate surface area is 410 Å². The Morgan fingerprint density at radius 2 is 1.79 bits per heavy atom. The number of nitro groups is 1. The number of hydrogen-bond acceptors (Lipinski definition) is 13. The highest BCUT2D eigenvalue weighted by Crippen LogP contribution is 2.45. The van der Waals surface area contributed by atoms with Gasteiger partial charge >= 0.3 is 6.18 Å². The number of hydrogen-bond donors (Lipinski definition) is 3. The Bertz CT molecular complexity index is 2930. The van der Waals surface area contributed by atoms with Gasteiger partial charge in [-0.25, -0.2) is 18.1 Å². The molecule has 0 spiro atoms. The molecule has 16 nitrogen and oxygen atoms in total. The average Bonchev–Trinajstić information content (AvgIpc) is 3.82. The number of benzene rings is 3. The Hall–Kier alpha value is -6.06. The van der Waals surface area contributed by atoms with E-state index in [1.807, 2.05) is 6.07 Å². The van der Waals surface area contributed by atoms with E-state index < -0.39 is 43.2 Å². The van der Waals surface area contributed by atoms with Gasteiger partial charge in [0, 0.05) is 101 Å². The predicted molar refractivity (Wildman–Crippen MR) is 263 cm³/mol. The van der Waals surface area contributed by atoms with Crippen LogP contribution in [0.1, 0.15) is 73.0 Å². The quantitative estimate of drug-likeness (QED) is 0.0709. The summed E-state index contributed by atoms with van der Waals surface area (Å²) in [5, 5.41) is 16.1. The number of H-pyrrole nitrogens is 1. The van der Waals surface area contributed by atoms with Crippen LogP contribution in [0, 0.1) is 22.5 Å². The minimum Gasteiger partial charge on any atom is -0.455 e. The van der Waals surface area contributed by atoms with Gasteiger partial charge in [-0.15, -0.1) is 0 Å². The van der Waals surface area contributed by atoms with Gasteiger partial charge in [-0.2, -0.15) is 13.2 Å². The number of pyridine rings is 1. The number of piperazine rings is 1. The monoisotopic (exact) mass is 1000 g/mol.